The number of thiophene rings is 1. The summed E-state index contributed by atoms with van der Waals surface area (Å²) in [5.41, 5.74) is 1.62. The Balaban J connectivity index is 1.57. The van der Waals surface area contributed by atoms with Gasteiger partial charge in [-0.25, -0.2) is 9.97 Å². The van der Waals surface area contributed by atoms with Crippen LogP contribution in [0.5, 0.6) is 0 Å². The Morgan fingerprint density at radius 1 is 1.21 bits per heavy atom. The minimum Gasteiger partial charge on any atom is -0.310 e. The molecule has 8 heteroatoms. The molecular weight excluding hydrogens is 344 g/mol. The Hall–Kier alpha value is -2.58. The van der Waals surface area contributed by atoms with Crippen LogP contribution < -0.4 is 10.6 Å². The second-order valence-corrected chi connectivity index (χ2v) is 6.82. The Labute approximate surface area is 146 Å². The molecule has 0 fully saturated rings. The Kier molecular flexibility index (Phi) is 4.97. The number of hydrogen-bond acceptors (Lipinski definition) is 6. The molecule has 0 unspecified atom stereocenters. The van der Waals surface area contributed by atoms with Crippen molar-refractivity contribution in [3.63, 3.8) is 0 Å². The summed E-state index contributed by atoms with van der Waals surface area (Å²) in [7, 11) is 0. The zero-order valence-corrected chi connectivity index (χ0v) is 14.4. The van der Waals surface area contributed by atoms with Crippen LogP contribution in [0.4, 0.5) is 10.9 Å². The van der Waals surface area contributed by atoms with E-state index in [0.29, 0.717) is 21.5 Å². The predicted molar refractivity (Wildman–Crippen MR) is 95.7 cm³/mol. The monoisotopic (exact) mass is 358 g/mol. The number of rotatable bonds is 5. The smallest absolute Gasteiger partial charge is 0.267 e. The lowest BCUT2D eigenvalue weighted by atomic mass is 10.3. The van der Waals surface area contributed by atoms with Gasteiger partial charge in [0.1, 0.15) is 5.82 Å². The lowest BCUT2D eigenvalue weighted by Crippen LogP contribution is -2.15. The molecule has 2 N–H and O–H groups in total. The predicted octanol–water partition coefficient (Wildman–Crippen LogP) is 3.34. The topological polar surface area (TPSA) is 84.0 Å². The third-order valence-corrected chi connectivity index (χ3v) is 4.72. The lowest BCUT2D eigenvalue weighted by Gasteiger charge is -2.03. The molecule has 3 aromatic heterocycles. The van der Waals surface area contributed by atoms with Crippen LogP contribution in [0.1, 0.15) is 20.9 Å². The first-order valence-corrected chi connectivity index (χ1v) is 8.88. The summed E-state index contributed by atoms with van der Waals surface area (Å²) >= 11 is 2.66. The van der Waals surface area contributed by atoms with E-state index in [4.69, 9.17) is 0 Å². The Morgan fingerprint density at radius 3 is 2.83 bits per heavy atom. The molecule has 3 heterocycles. The van der Waals surface area contributed by atoms with Crippen molar-refractivity contribution in [3.05, 3.63) is 57.4 Å². The van der Waals surface area contributed by atoms with Gasteiger partial charge in [0.05, 0.1) is 17.0 Å². The first-order chi connectivity index (χ1) is 11.6. The number of amides is 2. The minimum atomic E-state index is -0.200. The van der Waals surface area contributed by atoms with E-state index in [0.717, 1.165) is 5.56 Å². The minimum absolute atomic E-state index is 0.126. The molecule has 0 atom stereocenters. The van der Waals surface area contributed by atoms with Gasteiger partial charge in [-0.05, 0) is 36.1 Å². The SMILES string of the molecule is Cc1ccnc(NC(=O)Cc2csc(NC(=O)c3cccs3)n2)c1. The molecule has 0 aliphatic carbocycles. The zero-order valence-electron chi connectivity index (χ0n) is 12.8. The average molecular weight is 358 g/mol. The summed E-state index contributed by atoms with van der Waals surface area (Å²) < 4.78 is 0. The van der Waals surface area contributed by atoms with E-state index in [2.05, 4.69) is 20.6 Å². The highest BCUT2D eigenvalue weighted by atomic mass is 32.1. The summed E-state index contributed by atoms with van der Waals surface area (Å²) in [5.74, 6) is 0.121. The molecular formula is C16H14N4O2S2. The average Bonchev–Trinajstić information content (AvgIpc) is 3.19. The van der Waals surface area contributed by atoms with Crippen molar-refractivity contribution in [2.75, 3.05) is 10.6 Å². The van der Waals surface area contributed by atoms with Crippen LogP contribution in [0.15, 0.2) is 41.2 Å². The van der Waals surface area contributed by atoms with E-state index in [1.807, 2.05) is 24.4 Å². The van der Waals surface area contributed by atoms with E-state index in [9.17, 15) is 9.59 Å². The fourth-order valence-corrected chi connectivity index (χ4v) is 3.29. The van der Waals surface area contributed by atoms with E-state index < -0.39 is 0 Å². The molecule has 0 aromatic carbocycles. The number of nitrogens with zero attached hydrogens (tertiary/aromatic N) is 2. The third-order valence-electron chi connectivity index (χ3n) is 3.04. The number of anilines is 2. The molecule has 122 valence electrons. The number of aryl methyl sites for hydroxylation is 1. The van der Waals surface area contributed by atoms with Gasteiger partial charge in [-0.15, -0.1) is 22.7 Å². The number of hydrogen-bond donors (Lipinski definition) is 2. The van der Waals surface area contributed by atoms with Crippen molar-refractivity contribution in [2.24, 2.45) is 0 Å². The summed E-state index contributed by atoms with van der Waals surface area (Å²) in [5, 5.41) is 9.54. The standard InChI is InChI=1S/C16H14N4O2S2/c1-10-4-5-17-13(7-10)19-14(21)8-11-9-24-16(18-11)20-15(22)12-3-2-6-23-12/h2-7,9H,8H2,1H3,(H,17,19,21)(H,18,20,22). The third kappa shape index (κ3) is 4.24. The maximum absolute atomic E-state index is 12.0. The van der Waals surface area contributed by atoms with Crippen LogP contribution >= 0.6 is 22.7 Å². The molecule has 3 aromatic rings. The van der Waals surface area contributed by atoms with Crippen LogP contribution in [0.2, 0.25) is 0 Å². The highest BCUT2D eigenvalue weighted by Gasteiger charge is 2.12. The lowest BCUT2D eigenvalue weighted by molar-refractivity contribution is -0.115. The largest absolute Gasteiger partial charge is 0.310 e. The van der Waals surface area contributed by atoms with Gasteiger partial charge in [-0.1, -0.05) is 6.07 Å². The molecule has 24 heavy (non-hydrogen) atoms. The summed E-state index contributed by atoms with van der Waals surface area (Å²) in [6, 6.07) is 7.22. The first-order valence-electron chi connectivity index (χ1n) is 7.12. The van der Waals surface area contributed by atoms with E-state index in [-0.39, 0.29) is 18.2 Å². The van der Waals surface area contributed by atoms with Crippen molar-refractivity contribution in [1.82, 2.24) is 9.97 Å². The van der Waals surface area contributed by atoms with Gasteiger partial charge in [0.15, 0.2) is 5.13 Å². The van der Waals surface area contributed by atoms with Crippen molar-refractivity contribution in [3.8, 4) is 0 Å². The van der Waals surface area contributed by atoms with Gasteiger partial charge >= 0.3 is 0 Å². The van der Waals surface area contributed by atoms with Gasteiger partial charge in [-0.2, -0.15) is 0 Å². The molecule has 2 amide bonds. The molecule has 0 aliphatic rings. The van der Waals surface area contributed by atoms with E-state index in [1.54, 1.807) is 23.7 Å². The number of aromatic nitrogens is 2. The van der Waals surface area contributed by atoms with Crippen molar-refractivity contribution in [1.29, 1.82) is 0 Å². The van der Waals surface area contributed by atoms with Crippen molar-refractivity contribution in [2.45, 2.75) is 13.3 Å². The highest BCUT2D eigenvalue weighted by Crippen LogP contribution is 2.18. The van der Waals surface area contributed by atoms with Gasteiger partial charge in [0, 0.05) is 11.6 Å². The Morgan fingerprint density at radius 2 is 2.08 bits per heavy atom. The maximum Gasteiger partial charge on any atom is 0.267 e. The van der Waals surface area contributed by atoms with Gasteiger partial charge < -0.3 is 5.32 Å². The van der Waals surface area contributed by atoms with E-state index in [1.165, 1.54) is 22.7 Å². The summed E-state index contributed by atoms with van der Waals surface area (Å²) in [6.45, 7) is 1.93. The van der Waals surface area contributed by atoms with Gasteiger partial charge in [0.25, 0.3) is 5.91 Å². The Bertz CT molecular complexity index is 859. The molecule has 0 radical (unpaired) electrons. The fourth-order valence-electron chi connectivity index (χ4n) is 1.97. The van der Waals surface area contributed by atoms with Crippen LogP contribution in [0, 0.1) is 6.92 Å². The first kappa shape index (κ1) is 16.3. The van der Waals surface area contributed by atoms with Crippen molar-refractivity contribution >= 4 is 45.4 Å². The highest BCUT2D eigenvalue weighted by molar-refractivity contribution is 7.14. The molecule has 0 saturated carbocycles. The normalized spacial score (nSPS) is 10.4. The van der Waals surface area contributed by atoms with Crippen molar-refractivity contribution < 1.29 is 9.59 Å². The quantitative estimate of drug-likeness (QED) is 0.733. The second kappa shape index (κ2) is 7.33. The number of pyridine rings is 1. The van der Waals surface area contributed by atoms with Crippen LogP contribution in [0.25, 0.3) is 0 Å². The number of nitrogens with one attached hydrogen (secondary N) is 2. The molecule has 6 nitrogen and oxygen atoms in total. The summed E-state index contributed by atoms with van der Waals surface area (Å²) in [6.07, 6.45) is 1.77. The van der Waals surface area contributed by atoms with Crippen LogP contribution in [0.3, 0.4) is 0 Å². The van der Waals surface area contributed by atoms with Crippen LogP contribution in [-0.2, 0) is 11.2 Å². The van der Waals surface area contributed by atoms with Crippen LogP contribution in [-0.4, -0.2) is 21.8 Å². The van der Waals surface area contributed by atoms with Gasteiger partial charge in [-0.3, -0.25) is 14.9 Å². The zero-order chi connectivity index (χ0) is 16.9. The molecule has 0 spiro atoms. The molecule has 0 bridgehead atoms. The number of carbonyl (C=O) groups excluding carboxylic acids is 2. The summed E-state index contributed by atoms with van der Waals surface area (Å²) in [4.78, 5) is 33.0. The molecule has 0 saturated heterocycles. The number of thiazole rings is 1. The molecule has 3 rings (SSSR count). The van der Waals surface area contributed by atoms with Gasteiger partial charge in [0.2, 0.25) is 5.91 Å². The second-order valence-electron chi connectivity index (χ2n) is 5.02. The fraction of sp³-hybridized carbons (Fsp3) is 0.125. The number of carbonyl (C=O) groups is 2. The molecule has 0 aliphatic heterocycles. The van der Waals surface area contributed by atoms with E-state index >= 15 is 0 Å². The maximum atomic E-state index is 12.0.